The maximum atomic E-state index is 9.48. The van der Waals surface area contributed by atoms with Gasteiger partial charge < -0.3 is 10.0 Å². The first kappa shape index (κ1) is 15.2. The molecule has 0 fully saturated rings. The Hall–Kier alpha value is -0.865. The molecule has 1 heterocycles. The van der Waals surface area contributed by atoms with Crippen LogP contribution in [0.3, 0.4) is 0 Å². The van der Waals surface area contributed by atoms with Gasteiger partial charge in [0.2, 0.25) is 0 Å². The zero-order valence-electron chi connectivity index (χ0n) is 12.2. The van der Waals surface area contributed by atoms with Crippen molar-refractivity contribution >= 4 is 12.7 Å². The van der Waals surface area contributed by atoms with E-state index in [1.165, 1.54) is 11.1 Å². The van der Waals surface area contributed by atoms with Gasteiger partial charge in [0.15, 0.2) is 0 Å². The summed E-state index contributed by atoms with van der Waals surface area (Å²) in [5.41, 5.74) is 3.82. The van der Waals surface area contributed by atoms with Crippen molar-refractivity contribution in [3.05, 3.63) is 22.9 Å². The van der Waals surface area contributed by atoms with Crippen molar-refractivity contribution in [2.45, 2.75) is 59.3 Å². The molecule has 1 aromatic rings. The molecule has 18 heavy (non-hydrogen) atoms. The quantitative estimate of drug-likeness (QED) is 0.804. The molecule has 0 amide bonds. The molecule has 100 valence electrons. The summed E-state index contributed by atoms with van der Waals surface area (Å²) >= 11 is 0. The fourth-order valence-corrected chi connectivity index (χ4v) is 2.49. The molecule has 0 aliphatic rings. The van der Waals surface area contributed by atoms with E-state index < -0.39 is 7.12 Å². The lowest BCUT2D eigenvalue weighted by molar-refractivity contribution is 0.423. The summed E-state index contributed by atoms with van der Waals surface area (Å²) < 4.78 is 0. The lowest BCUT2D eigenvalue weighted by Crippen LogP contribution is -2.38. The molecule has 3 nitrogen and oxygen atoms in total. The molecule has 4 heteroatoms. The minimum atomic E-state index is -1.50. The molecule has 0 radical (unpaired) electrons. The second-order valence-corrected chi connectivity index (χ2v) is 5.76. The van der Waals surface area contributed by atoms with Gasteiger partial charge in [0, 0.05) is 6.20 Å². The van der Waals surface area contributed by atoms with Gasteiger partial charge in [-0.05, 0) is 34.4 Å². The van der Waals surface area contributed by atoms with E-state index in [-0.39, 0.29) is 5.92 Å². The molecule has 1 aromatic heterocycles. The van der Waals surface area contributed by atoms with Crippen LogP contribution < -0.4 is 5.59 Å². The average molecular weight is 249 g/mol. The highest BCUT2D eigenvalue weighted by atomic mass is 16.4. The molecule has 0 aromatic carbocycles. The molecule has 0 spiro atoms. The van der Waals surface area contributed by atoms with Gasteiger partial charge in [0.1, 0.15) is 0 Å². The Morgan fingerprint density at radius 1 is 0.889 bits per heavy atom. The minimum absolute atomic E-state index is 0.227. The average Bonchev–Trinajstić information content (AvgIpc) is 2.26. The highest BCUT2D eigenvalue weighted by Gasteiger charge is 2.26. The van der Waals surface area contributed by atoms with Crippen LogP contribution in [0.2, 0.25) is 0 Å². The lowest BCUT2D eigenvalue weighted by Gasteiger charge is -2.24. The highest BCUT2D eigenvalue weighted by molar-refractivity contribution is 6.58. The summed E-state index contributed by atoms with van der Waals surface area (Å²) in [6, 6.07) is 0. The van der Waals surface area contributed by atoms with Crippen molar-refractivity contribution in [2.24, 2.45) is 0 Å². The number of rotatable bonds is 4. The van der Waals surface area contributed by atoms with Crippen molar-refractivity contribution < 1.29 is 10.0 Å². The number of nitrogens with zero attached hydrogens (tertiary/aromatic N) is 1. The Bertz CT molecular complexity index is 376. The van der Waals surface area contributed by atoms with Gasteiger partial charge in [-0.25, -0.2) is 0 Å². The third kappa shape index (κ3) is 2.93. The molecule has 0 bridgehead atoms. The third-order valence-corrected chi connectivity index (χ3v) is 3.24. The summed E-state index contributed by atoms with van der Waals surface area (Å²) in [5, 5.41) is 19.0. The van der Waals surface area contributed by atoms with E-state index in [4.69, 9.17) is 0 Å². The molecule has 0 atom stereocenters. The van der Waals surface area contributed by atoms with Crippen LogP contribution in [-0.4, -0.2) is 22.2 Å². The van der Waals surface area contributed by atoms with Crippen LogP contribution in [0, 0.1) is 0 Å². The van der Waals surface area contributed by atoms with Gasteiger partial charge in [-0.3, -0.25) is 4.98 Å². The highest BCUT2D eigenvalue weighted by Crippen LogP contribution is 2.31. The van der Waals surface area contributed by atoms with Crippen LogP contribution in [0.5, 0.6) is 0 Å². The zero-order chi connectivity index (χ0) is 14.0. The molecular formula is C14H24BNO2. The van der Waals surface area contributed by atoms with Gasteiger partial charge in [-0.1, -0.05) is 41.5 Å². The topological polar surface area (TPSA) is 53.4 Å². The molecule has 0 unspecified atom stereocenters. The lowest BCUT2D eigenvalue weighted by atomic mass is 9.74. The SMILES string of the molecule is CC(C)c1cnc(B(O)O)c(C(C)C)c1C(C)C. The minimum Gasteiger partial charge on any atom is -0.422 e. The molecule has 0 saturated heterocycles. The summed E-state index contributed by atoms with van der Waals surface area (Å²) in [7, 11) is -1.50. The molecule has 0 aliphatic carbocycles. The van der Waals surface area contributed by atoms with Gasteiger partial charge in [-0.15, -0.1) is 0 Å². The van der Waals surface area contributed by atoms with E-state index >= 15 is 0 Å². The maximum absolute atomic E-state index is 9.48. The largest absolute Gasteiger partial charge is 0.508 e. The second-order valence-electron chi connectivity index (χ2n) is 5.76. The Kier molecular flexibility index (Phi) is 4.94. The first-order valence-electron chi connectivity index (χ1n) is 6.66. The van der Waals surface area contributed by atoms with Crippen LogP contribution in [0.15, 0.2) is 6.20 Å². The van der Waals surface area contributed by atoms with Crippen LogP contribution >= 0.6 is 0 Å². The third-order valence-electron chi connectivity index (χ3n) is 3.24. The van der Waals surface area contributed by atoms with Crippen LogP contribution in [0.25, 0.3) is 0 Å². The number of hydrogen-bond acceptors (Lipinski definition) is 3. The van der Waals surface area contributed by atoms with Gasteiger partial charge >= 0.3 is 7.12 Å². The number of pyridine rings is 1. The Morgan fingerprint density at radius 3 is 1.72 bits per heavy atom. The van der Waals surface area contributed by atoms with Gasteiger partial charge in [0.25, 0.3) is 0 Å². The standard InChI is InChI=1S/C14H24BNO2/c1-8(2)11-7-16-14(15(17)18)13(10(5)6)12(11)9(3)4/h7-10,17-18H,1-6H3. The van der Waals surface area contributed by atoms with E-state index in [1.54, 1.807) is 6.20 Å². The normalized spacial score (nSPS) is 11.7. The summed E-state index contributed by atoms with van der Waals surface area (Å²) in [6.07, 6.45) is 1.79. The second kappa shape index (κ2) is 5.85. The van der Waals surface area contributed by atoms with Crippen molar-refractivity contribution in [1.82, 2.24) is 4.98 Å². The number of hydrogen-bond donors (Lipinski definition) is 2. The van der Waals surface area contributed by atoms with Gasteiger partial charge in [-0.2, -0.15) is 0 Å². The molecular weight excluding hydrogens is 225 g/mol. The van der Waals surface area contributed by atoms with E-state index in [0.29, 0.717) is 17.4 Å². The first-order chi connectivity index (χ1) is 8.27. The predicted molar refractivity (Wildman–Crippen MR) is 76.3 cm³/mol. The van der Waals surface area contributed by atoms with Crippen LogP contribution in [0.1, 0.15) is 76.0 Å². The summed E-state index contributed by atoms with van der Waals surface area (Å²) in [5.74, 6) is 0.961. The van der Waals surface area contributed by atoms with Crippen LogP contribution in [0.4, 0.5) is 0 Å². The van der Waals surface area contributed by atoms with E-state index in [9.17, 15) is 10.0 Å². The van der Waals surface area contributed by atoms with Gasteiger partial charge in [0.05, 0.1) is 5.59 Å². The van der Waals surface area contributed by atoms with Crippen molar-refractivity contribution in [3.63, 3.8) is 0 Å². The molecule has 0 saturated carbocycles. The van der Waals surface area contributed by atoms with E-state index in [1.807, 2.05) is 0 Å². The fraction of sp³-hybridized carbons (Fsp3) is 0.643. The van der Waals surface area contributed by atoms with E-state index in [0.717, 1.165) is 5.56 Å². The van der Waals surface area contributed by atoms with Crippen molar-refractivity contribution in [3.8, 4) is 0 Å². The summed E-state index contributed by atoms with van der Waals surface area (Å²) in [4.78, 5) is 4.26. The zero-order valence-corrected chi connectivity index (χ0v) is 12.2. The Morgan fingerprint density at radius 2 is 1.39 bits per heavy atom. The molecule has 1 rings (SSSR count). The molecule has 2 N–H and O–H groups in total. The first-order valence-corrected chi connectivity index (χ1v) is 6.66. The smallest absolute Gasteiger partial charge is 0.422 e. The number of aromatic nitrogens is 1. The van der Waals surface area contributed by atoms with Crippen LogP contribution in [-0.2, 0) is 0 Å². The molecule has 0 aliphatic heterocycles. The Labute approximate surface area is 110 Å². The maximum Gasteiger partial charge on any atom is 0.508 e. The van der Waals surface area contributed by atoms with E-state index in [2.05, 4.69) is 46.5 Å². The van der Waals surface area contributed by atoms with Crippen molar-refractivity contribution in [1.29, 1.82) is 0 Å². The predicted octanol–water partition coefficient (Wildman–Crippen LogP) is 2.13. The Balaban J connectivity index is 3.60. The summed E-state index contributed by atoms with van der Waals surface area (Å²) in [6.45, 7) is 12.7. The monoisotopic (exact) mass is 249 g/mol. The van der Waals surface area contributed by atoms with Crippen molar-refractivity contribution in [2.75, 3.05) is 0 Å². The fourth-order valence-electron chi connectivity index (χ4n) is 2.49.